The van der Waals surface area contributed by atoms with E-state index < -0.39 is 0 Å². The average molecular weight is 347 g/mol. The number of ether oxygens (including phenoxy) is 2. The Morgan fingerprint density at radius 3 is 2.71 bits per heavy atom. The largest absolute Gasteiger partial charge is 0.497 e. The van der Waals surface area contributed by atoms with E-state index in [1.54, 1.807) is 60.2 Å². The van der Waals surface area contributed by atoms with Gasteiger partial charge in [-0.15, -0.1) is 11.8 Å². The van der Waals surface area contributed by atoms with E-state index in [0.717, 1.165) is 5.75 Å². The first-order valence-electron chi connectivity index (χ1n) is 7.54. The van der Waals surface area contributed by atoms with Crippen LogP contribution in [0.25, 0.3) is 0 Å². The number of halogens is 1. The number of carbonyl (C=O) groups excluding carboxylic acids is 1. The molecule has 0 N–H and O–H groups in total. The second-order valence-electron chi connectivity index (χ2n) is 5.31. The van der Waals surface area contributed by atoms with Crippen molar-refractivity contribution in [2.45, 2.75) is 5.37 Å². The minimum Gasteiger partial charge on any atom is -0.497 e. The van der Waals surface area contributed by atoms with E-state index in [2.05, 4.69) is 0 Å². The highest BCUT2D eigenvalue weighted by molar-refractivity contribution is 7.99. The van der Waals surface area contributed by atoms with Gasteiger partial charge in [0.1, 0.15) is 22.7 Å². The molecule has 0 aliphatic carbocycles. The molecule has 1 atom stereocenters. The second-order valence-corrected chi connectivity index (χ2v) is 6.50. The molecule has 1 amide bonds. The third-order valence-corrected chi connectivity index (χ3v) is 5.20. The SMILES string of the molecule is COc1ccc(C(=O)N2CCS[C@H]2c2ccccc2F)c(OC)c1. The zero-order valence-electron chi connectivity index (χ0n) is 13.5. The summed E-state index contributed by atoms with van der Waals surface area (Å²) in [6.45, 7) is 0.567. The van der Waals surface area contributed by atoms with E-state index in [0.29, 0.717) is 29.2 Å². The number of carbonyl (C=O) groups is 1. The first kappa shape index (κ1) is 16.6. The summed E-state index contributed by atoms with van der Waals surface area (Å²) in [6, 6.07) is 11.7. The highest BCUT2D eigenvalue weighted by Crippen LogP contribution is 2.40. The molecule has 4 nitrogen and oxygen atoms in total. The summed E-state index contributed by atoms with van der Waals surface area (Å²) in [5.41, 5.74) is 0.975. The van der Waals surface area contributed by atoms with Crippen LogP contribution in [0.3, 0.4) is 0 Å². The minimum absolute atomic E-state index is 0.173. The lowest BCUT2D eigenvalue weighted by molar-refractivity contribution is 0.0755. The maximum Gasteiger partial charge on any atom is 0.258 e. The van der Waals surface area contributed by atoms with Crippen LogP contribution in [0.5, 0.6) is 11.5 Å². The second kappa shape index (κ2) is 7.13. The van der Waals surface area contributed by atoms with Gasteiger partial charge in [-0.25, -0.2) is 4.39 Å². The maximum atomic E-state index is 14.1. The van der Waals surface area contributed by atoms with Gasteiger partial charge in [-0.1, -0.05) is 18.2 Å². The number of hydrogen-bond acceptors (Lipinski definition) is 4. The van der Waals surface area contributed by atoms with Gasteiger partial charge < -0.3 is 14.4 Å². The van der Waals surface area contributed by atoms with Crippen LogP contribution in [0.2, 0.25) is 0 Å². The Hall–Kier alpha value is -2.21. The first-order valence-corrected chi connectivity index (χ1v) is 8.59. The Labute approximate surface area is 144 Å². The van der Waals surface area contributed by atoms with E-state index >= 15 is 0 Å². The number of benzene rings is 2. The topological polar surface area (TPSA) is 38.8 Å². The number of amides is 1. The van der Waals surface area contributed by atoms with Crippen LogP contribution < -0.4 is 9.47 Å². The number of nitrogens with zero attached hydrogens (tertiary/aromatic N) is 1. The molecular formula is C18H18FNO3S. The normalized spacial score (nSPS) is 17.0. The Morgan fingerprint density at radius 1 is 1.21 bits per heavy atom. The predicted octanol–water partition coefficient (Wildman–Crippen LogP) is 3.73. The number of thioether (sulfide) groups is 1. The lowest BCUT2D eigenvalue weighted by atomic mass is 10.1. The molecule has 1 aliphatic rings. The molecular weight excluding hydrogens is 329 g/mol. The Morgan fingerprint density at radius 2 is 2.00 bits per heavy atom. The van der Waals surface area contributed by atoms with Crippen LogP contribution in [-0.4, -0.2) is 37.3 Å². The smallest absolute Gasteiger partial charge is 0.258 e. The molecule has 1 fully saturated rings. The zero-order valence-corrected chi connectivity index (χ0v) is 14.3. The van der Waals surface area contributed by atoms with Gasteiger partial charge in [0.2, 0.25) is 0 Å². The summed E-state index contributed by atoms with van der Waals surface area (Å²) in [5.74, 6) is 1.36. The van der Waals surface area contributed by atoms with Crippen molar-refractivity contribution in [3.8, 4) is 11.5 Å². The molecule has 6 heteroatoms. The fourth-order valence-electron chi connectivity index (χ4n) is 2.74. The molecule has 0 spiro atoms. The summed E-state index contributed by atoms with van der Waals surface area (Å²) in [4.78, 5) is 14.7. The van der Waals surface area contributed by atoms with E-state index in [1.165, 1.54) is 13.2 Å². The fourth-order valence-corrected chi connectivity index (χ4v) is 4.02. The van der Waals surface area contributed by atoms with Crippen LogP contribution in [0.1, 0.15) is 21.3 Å². The summed E-state index contributed by atoms with van der Waals surface area (Å²) < 4.78 is 24.6. The Balaban J connectivity index is 1.93. The lowest BCUT2D eigenvalue weighted by Crippen LogP contribution is -2.31. The fraction of sp³-hybridized carbons (Fsp3) is 0.278. The van der Waals surface area contributed by atoms with Gasteiger partial charge >= 0.3 is 0 Å². The standard InChI is InChI=1S/C18H18FNO3S/c1-22-12-7-8-14(16(11-12)23-2)17(21)20-9-10-24-18(20)13-5-3-4-6-15(13)19/h3-8,11,18H,9-10H2,1-2H3/t18-/m0/s1. The molecule has 1 aliphatic heterocycles. The Kier molecular flexibility index (Phi) is 4.94. The van der Waals surface area contributed by atoms with Crippen LogP contribution in [-0.2, 0) is 0 Å². The van der Waals surface area contributed by atoms with Gasteiger partial charge in [-0.2, -0.15) is 0 Å². The minimum atomic E-state index is -0.328. The zero-order chi connectivity index (χ0) is 17.1. The van der Waals surface area contributed by atoms with E-state index in [1.807, 2.05) is 0 Å². The number of hydrogen-bond donors (Lipinski definition) is 0. The first-order chi connectivity index (χ1) is 11.7. The van der Waals surface area contributed by atoms with Crippen LogP contribution in [0, 0.1) is 5.82 Å². The third-order valence-electron chi connectivity index (χ3n) is 3.96. The van der Waals surface area contributed by atoms with Gasteiger partial charge in [0.15, 0.2) is 0 Å². The van der Waals surface area contributed by atoms with Crippen LogP contribution >= 0.6 is 11.8 Å². The molecule has 0 unspecified atom stereocenters. The molecule has 0 aromatic heterocycles. The number of rotatable bonds is 4. The molecule has 126 valence electrons. The van der Waals surface area contributed by atoms with Crippen molar-refractivity contribution in [1.82, 2.24) is 4.90 Å². The summed E-state index contributed by atoms with van der Waals surface area (Å²) in [7, 11) is 3.07. The van der Waals surface area contributed by atoms with Crippen molar-refractivity contribution in [2.24, 2.45) is 0 Å². The van der Waals surface area contributed by atoms with E-state index in [9.17, 15) is 9.18 Å². The van der Waals surface area contributed by atoms with Crippen molar-refractivity contribution in [2.75, 3.05) is 26.5 Å². The molecule has 0 saturated carbocycles. The molecule has 2 aromatic rings. The van der Waals surface area contributed by atoms with Crippen LogP contribution in [0.4, 0.5) is 4.39 Å². The van der Waals surface area contributed by atoms with Gasteiger partial charge in [-0.05, 0) is 18.2 Å². The van der Waals surface area contributed by atoms with Crippen molar-refractivity contribution >= 4 is 17.7 Å². The molecule has 24 heavy (non-hydrogen) atoms. The van der Waals surface area contributed by atoms with Crippen molar-refractivity contribution in [3.05, 3.63) is 59.4 Å². The molecule has 0 radical (unpaired) electrons. The van der Waals surface area contributed by atoms with Gasteiger partial charge in [0.25, 0.3) is 5.91 Å². The summed E-state index contributed by atoms with van der Waals surface area (Å²) >= 11 is 1.56. The molecule has 2 aromatic carbocycles. The summed E-state index contributed by atoms with van der Waals surface area (Å²) in [6.07, 6.45) is 0. The predicted molar refractivity (Wildman–Crippen MR) is 92.2 cm³/mol. The molecule has 3 rings (SSSR count). The summed E-state index contributed by atoms with van der Waals surface area (Å²) in [5, 5.41) is -0.328. The maximum absolute atomic E-state index is 14.1. The number of methoxy groups -OCH3 is 2. The van der Waals surface area contributed by atoms with Crippen molar-refractivity contribution in [1.29, 1.82) is 0 Å². The monoisotopic (exact) mass is 347 g/mol. The Bertz CT molecular complexity index is 753. The van der Waals surface area contributed by atoms with E-state index in [4.69, 9.17) is 9.47 Å². The van der Waals surface area contributed by atoms with Crippen molar-refractivity contribution in [3.63, 3.8) is 0 Å². The lowest BCUT2D eigenvalue weighted by Gasteiger charge is -2.25. The van der Waals surface area contributed by atoms with Gasteiger partial charge in [-0.3, -0.25) is 4.79 Å². The highest BCUT2D eigenvalue weighted by Gasteiger charge is 2.34. The molecule has 1 heterocycles. The van der Waals surface area contributed by atoms with Crippen LogP contribution in [0.15, 0.2) is 42.5 Å². The van der Waals surface area contributed by atoms with Gasteiger partial charge in [0, 0.05) is 23.9 Å². The highest BCUT2D eigenvalue weighted by atomic mass is 32.2. The third kappa shape index (κ3) is 3.06. The average Bonchev–Trinajstić information content (AvgIpc) is 3.10. The quantitative estimate of drug-likeness (QED) is 0.845. The van der Waals surface area contributed by atoms with E-state index in [-0.39, 0.29) is 17.1 Å². The molecule has 1 saturated heterocycles. The van der Waals surface area contributed by atoms with Crippen molar-refractivity contribution < 1.29 is 18.7 Å². The molecule has 0 bridgehead atoms. The van der Waals surface area contributed by atoms with Gasteiger partial charge in [0.05, 0.1) is 19.8 Å².